The van der Waals surface area contributed by atoms with Crippen molar-refractivity contribution in [1.29, 1.82) is 0 Å². The number of rotatable bonds is 3. The maximum absolute atomic E-state index is 14.4. The first kappa shape index (κ1) is 19.9. The zero-order valence-corrected chi connectivity index (χ0v) is 16.7. The Morgan fingerprint density at radius 2 is 1.59 bits per heavy atom. The van der Waals surface area contributed by atoms with Crippen LogP contribution < -0.4 is 4.90 Å². The lowest BCUT2D eigenvalue weighted by Gasteiger charge is -2.29. The standard InChI is InChI=1S/C21H16Cl2F2N2O2/c22-12-4-6-14(15(23)10-12)18-19(26-8-2-1-3-9-26)21(29)27(20(18)28)17-7-5-13(24)11-16(17)25/h4-7,10-11H,1-3,8-9H2. The topological polar surface area (TPSA) is 40.6 Å². The summed E-state index contributed by atoms with van der Waals surface area (Å²) in [5.74, 6) is -3.14. The molecule has 2 aliphatic rings. The van der Waals surface area contributed by atoms with Crippen molar-refractivity contribution >= 4 is 46.3 Å². The quantitative estimate of drug-likeness (QED) is 0.632. The molecule has 0 aliphatic carbocycles. The average Bonchev–Trinajstić information content (AvgIpc) is 2.93. The van der Waals surface area contributed by atoms with E-state index in [0.717, 1.165) is 36.3 Å². The normalized spacial score (nSPS) is 17.5. The Balaban J connectivity index is 1.88. The van der Waals surface area contributed by atoms with Gasteiger partial charge in [-0.15, -0.1) is 0 Å². The van der Waals surface area contributed by atoms with E-state index in [1.165, 1.54) is 6.07 Å². The molecule has 4 rings (SSSR count). The van der Waals surface area contributed by atoms with E-state index in [0.29, 0.717) is 29.7 Å². The highest BCUT2D eigenvalue weighted by atomic mass is 35.5. The lowest BCUT2D eigenvalue weighted by atomic mass is 10.0. The number of imide groups is 1. The Labute approximate surface area is 176 Å². The van der Waals surface area contributed by atoms with Crippen LogP contribution >= 0.6 is 23.2 Å². The van der Waals surface area contributed by atoms with Crippen LogP contribution in [0.1, 0.15) is 24.8 Å². The molecular weight excluding hydrogens is 421 g/mol. The number of halogens is 4. The molecule has 1 saturated heterocycles. The molecule has 2 amide bonds. The number of benzene rings is 2. The van der Waals surface area contributed by atoms with Gasteiger partial charge in [-0.25, -0.2) is 13.7 Å². The van der Waals surface area contributed by atoms with Crippen molar-refractivity contribution in [3.8, 4) is 0 Å². The summed E-state index contributed by atoms with van der Waals surface area (Å²) in [5, 5.41) is 0.599. The van der Waals surface area contributed by atoms with Gasteiger partial charge in [-0.1, -0.05) is 29.3 Å². The molecule has 150 valence electrons. The summed E-state index contributed by atoms with van der Waals surface area (Å²) in [6, 6.07) is 7.36. The van der Waals surface area contributed by atoms with E-state index < -0.39 is 23.4 Å². The third kappa shape index (κ3) is 3.51. The SMILES string of the molecule is O=C1C(c2ccc(Cl)cc2Cl)=C(N2CCCCC2)C(=O)N1c1ccc(F)cc1F. The van der Waals surface area contributed by atoms with Crippen LogP contribution in [0.3, 0.4) is 0 Å². The van der Waals surface area contributed by atoms with Crippen molar-refractivity contribution in [3.05, 3.63) is 69.3 Å². The predicted octanol–water partition coefficient (Wildman–Crippen LogP) is 5.04. The minimum absolute atomic E-state index is 0.0993. The molecule has 0 unspecified atom stereocenters. The van der Waals surface area contributed by atoms with Gasteiger partial charge in [0.1, 0.15) is 17.3 Å². The molecule has 2 heterocycles. The fourth-order valence-electron chi connectivity index (χ4n) is 3.75. The molecule has 2 aliphatic heterocycles. The predicted molar refractivity (Wildman–Crippen MR) is 108 cm³/mol. The van der Waals surface area contributed by atoms with Crippen molar-refractivity contribution in [1.82, 2.24) is 4.90 Å². The van der Waals surface area contributed by atoms with Crippen molar-refractivity contribution in [2.75, 3.05) is 18.0 Å². The lowest BCUT2D eigenvalue weighted by molar-refractivity contribution is -0.120. The van der Waals surface area contributed by atoms with Crippen LogP contribution in [-0.4, -0.2) is 29.8 Å². The number of hydrogen-bond donors (Lipinski definition) is 0. The number of hydrogen-bond acceptors (Lipinski definition) is 3. The molecule has 0 radical (unpaired) electrons. The number of likely N-dealkylation sites (tertiary alicyclic amines) is 1. The Bertz CT molecular complexity index is 1050. The zero-order chi connectivity index (χ0) is 20.7. The first-order valence-corrected chi connectivity index (χ1v) is 9.92. The van der Waals surface area contributed by atoms with Crippen molar-refractivity contribution in [2.45, 2.75) is 19.3 Å². The number of carbonyl (C=O) groups excluding carboxylic acids is 2. The van der Waals surface area contributed by atoms with E-state index >= 15 is 0 Å². The third-order valence-corrected chi connectivity index (χ3v) is 5.63. The smallest absolute Gasteiger partial charge is 0.282 e. The Kier molecular flexibility index (Phi) is 5.32. The highest BCUT2D eigenvalue weighted by Gasteiger charge is 2.44. The highest BCUT2D eigenvalue weighted by Crippen LogP contribution is 2.39. The molecule has 0 spiro atoms. The maximum atomic E-state index is 14.4. The van der Waals surface area contributed by atoms with Crippen LogP contribution in [0.5, 0.6) is 0 Å². The summed E-state index contributed by atoms with van der Waals surface area (Å²) in [6.07, 6.45) is 2.77. The van der Waals surface area contributed by atoms with Crippen LogP contribution in [-0.2, 0) is 9.59 Å². The number of carbonyl (C=O) groups is 2. The van der Waals surface area contributed by atoms with Crippen molar-refractivity contribution in [3.63, 3.8) is 0 Å². The number of anilines is 1. The minimum atomic E-state index is -0.992. The van der Waals surface area contributed by atoms with Crippen LogP contribution in [0, 0.1) is 11.6 Å². The van der Waals surface area contributed by atoms with E-state index in [9.17, 15) is 18.4 Å². The van der Waals surface area contributed by atoms with Crippen LogP contribution in [0.4, 0.5) is 14.5 Å². The van der Waals surface area contributed by atoms with E-state index in [1.54, 1.807) is 12.1 Å². The number of nitrogens with zero attached hydrogens (tertiary/aromatic N) is 2. The van der Waals surface area contributed by atoms with Gasteiger partial charge in [0.2, 0.25) is 0 Å². The van der Waals surface area contributed by atoms with Gasteiger partial charge in [-0.3, -0.25) is 9.59 Å². The Morgan fingerprint density at radius 1 is 0.862 bits per heavy atom. The van der Waals surface area contributed by atoms with E-state index in [-0.39, 0.29) is 22.0 Å². The van der Waals surface area contributed by atoms with Gasteiger partial charge < -0.3 is 4.90 Å². The van der Waals surface area contributed by atoms with Gasteiger partial charge in [0.25, 0.3) is 11.8 Å². The second-order valence-corrected chi connectivity index (χ2v) is 7.78. The third-order valence-electron chi connectivity index (χ3n) is 5.08. The molecule has 8 heteroatoms. The summed E-state index contributed by atoms with van der Waals surface area (Å²) in [4.78, 5) is 29.2. The molecule has 4 nitrogen and oxygen atoms in total. The summed E-state index contributed by atoms with van der Waals surface area (Å²) in [7, 11) is 0. The highest BCUT2D eigenvalue weighted by molar-refractivity contribution is 6.47. The summed E-state index contributed by atoms with van der Waals surface area (Å²) < 4.78 is 27.8. The number of amides is 2. The summed E-state index contributed by atoms with van der Waals surface area (Å²) in [5.41, 5.74) is 0.334. The maximum Gasteiger partial charge on any atom is 0.282 e. The van der Waals surface area contributed by atoms with Crippen molar-refractivity contribution < 1.29 is 18.4 Å². The van der Waals surface area contributed by atoms with Gasteiger partial charge >= 0.3 is 0 Å². The summed E-state index contributed by atoms with van der Waals surface area (Å²) >= 11 is 12.3. The average molecular weight is 437 g/mol. The molecule has 29 heavy (non-hydrogen) atoms. The monoisotopic (exact) mass is 436 g/mol. The van der Waals surface area contributed by atoms with Crippen LogP contribution in [0.25, 0.3) is 5.57 Å². The second kappa shape index (κ2) is 7.76. The minimum Gasteiger partial charge on any atom is -0.366 e. The molecule has 1 fully saturated rings. The molecule has 0 bridgehead atoms. The van der Waals surface area contributed by atoms with Gasteiger partial charge in [-0.05, 0) is 43.5 Å². The molecule has 0 N–H and O–H groups in total. The van der Waals surface area contributed by atoms with Gasteiger partial charge in [0.05, 0.1) is 16.3 Å². The van der Waals surface area contributed by atoms with Crippen LogP contribution in [0.2, 0.25) is 10.0 Å². The van der Waals surface area contributed by atoms with Gasteiger partial charge in [-0.2, -0.15) is 0 Å². The first-order chi connectivity index (χ1) is 13.9. The summed E-state index contributed by atoms with van der Waals surface area (Å²) in [6.45, 7) is 1.20. The van der Waals surface area contributed by atoms with Crippen molar-refractivity contribution in [2.24, 2.45) is 0 Å². The molecule has 0 aromatic heterocycles. The van der Waals surface area contributed by atoms with E-state index in [2.05, 4.69) is 0 Å². The fraction of sp³-hybridized carbons (Fsp3) is 0.238. The zero-order valence-electron chi connectivity index (χ0n) is 15.2. The van der Waals surface area contributed by atoms with E-state index in [4.69, 9.17) is 23.2 Å². The van der Waals surface area contributed by atoms with Gasteiger partial charge in [0, 0.05) is 29.7 Å². The molecular formula is C21H16Cl2F2N2O2. The van der Waals surface area contributed by atoms with Gasteiger partial charge in [0.15, 0.2) is 0 Å². The largest absolute Gasteiger partial charge is 0.366 e. The molecule has 0 saturated carbocycles. The molecule has 0 atom stereocenters. The molecule has 2 aromatic rings. The van der Waals surface area contributed by atoms with E-state index in [1.807, 2.05) is 4.90 Å². The molecule has 2 aromatic carbocycles. The number of piperidine rings is 1. The second-order valence-electron chi connectivity index (χ2n) is 6.94. The fourth-order valence-corrected chi connectivity index (χ4v) is 4.25. The first-order valence-electron chi connectivity index (χ1n) is 9.17. The Hall–Kier alpha value is -2.44. The lowest BCUT2D eigenvalue weighted by Crippen LogP contribution is -2.37. The van der Waals surface area contributed by atoms with Crippen LogP contribution in [0.15, 0.2) is 42.1 Å². The Morgan fingerprint density at radius 3 is 2.24 bits per heavy atom.